The van der Waals surface area contributed by atoms with Gasteiger partial charge in [-0.2, -0.15) is 0 Å². The van der Waals surface area contributed by atoms with Crippen LogP contribution in [0, 0.1) is 5.82 Å². The maximum Gasteiger partial charge on any atom is 0.289 e. The molecular weight excluding hydrogens is 223 g/mol. The summed E-state index contributed by atoms with van der Waals surface area (Å²) in [4.78, 5) is 0. The summed E-state index contributed by atoms with van der Waals surface area (Å²) in [5.41, 5.74) is 5.24. The van der Waals surface area contributed by atoms with Gasteiger partial charge in [-0.1, -0.05) is 6.07 Å². The van der Waals surface area contributed by atoms with E-state index >= 15 is 0 Å². The minimum Gasteiger partial charge on any atom is -0.496 e. The van der Waals surface area contributed by atoms with Crippen LogP contribution in [0.5, 0.6) is 5.75 Å². The number of rotatable bonds is 4. The number of ether oxygens (including phenoxy) is 1. The number of aliphatic hydroxyl groups excluding tert-OH is 1. The van der Waals surface area contributed by atoms with E-state index in [0.717, 1.165) is 18.2 Å². The predicted octanol–water partition coefficient (Wildman–Crippen LogP) is 1.46. The summed E-state index contributed by atoms with van der Waals surface area (Å²) in [5.74, 6) is -4.16. The van der Waals surface area contributed by atoms with Crippen molar-refractivity contribution in [3.63, 3.8) is 0 Å². The van der Waals surface area contributed by atoms with Crippen LogP contribution in [0.4, 0.5) is 13.2 Å². The minimum atomic E-state index is -3.48. The molecule has 0 aliphatic heterocycles. The summed E-state index contributed by atoms with van der Waals surface area (Å²) < 4.78 is 43.8. The fraction of sp³-hybridized carbons (Fsp3) is 0.400. The number of alkyl halides is 2. The van der Waals surface area contributed by atoms with Crippen LogP contribution < -0.4 is 10.5 Å². The van der Waals surface area contributed by atoms with E-state index in [2.05, 4.69) is 0 Å². The number of hydrogen-bond acceptors (Lipinski definition) is 3. The van der Waals surface area contributed by atoms with Crippen LogP contribution in [0.15, 0.2) is 18.2 Å². The van der Waals surface area contributed by atoms with Gasteiger partial charge in [0.25, 0.3) is 5.92 Å². The molecule has 3 nitrogen and oxygen atoms in total. The largest absolute Gasteiger partial charge is 0.496 e. The molecule has 0 fully saturated rings. The molecule has 1 rings (SSSR count). The zero-order chi connectivity index (χ0) is 12.3. The Morgan fingerprint density at radius 2 is 2.12 bits per heavy atom. The monoisotopic (exact) mass is 235 g/mol. The van der Waals surface area contributed by atoms with Crippen molar-refractivity contribution in [1.82, 2.24) is 0 Å². The van der Waals surface area contributed by atoms with Crippen molar-refractivity contribution in [2.45, 2.75) is 12.0 Å². The zero-order valence-electron chi connectivity index (χ0n) is 8.58. The summed E-state index contributed by atoms with van der Waals surface area (Å²) in [7, 11) is 1.22. The van der Waals surface area contributed by atoms with Gasteiger partial charge in [-0.15, -0.1) is 0 Å². The topological polar surface area (TPSA) is 55.5 Å². The van der Waals surface area contributed by atoms with Gasteiger partial charge in [0, 0.05) is 11.6 Å². The smallest absolute Gasteiger partial charge is 0.289 e. The minimum absolute atomic E-state index is 0.0528. The Kier molecular flexibility index (Phi) is 3.77. The third kappa shape index (κ3) is 2.45. The Bertz CT molecular complexity index is 371. The van der Waals surface area contributed by atoms with Crippen molar-refractivity contribution in [3.05, 3.63) is 29.6 Å². The molecule has 0 spiro atoms. The highest BCUT2D eigenvalue weighted by Crippen LogP contribution is 2.34. The fourth-order valence-corrected chi connectivity index (χ4v) is 1.27. The van der Waals surface area contributed by atoms with Gasteiger partial charge >= 0.3 is 0 Å². The normalized spacial score (nSPS) is 13.6. The molecule has 3 N–H and O–H groups in total. The molecule has 6 heteroatoms. The van der Waals surface area contributed by atoms with Crippen LogP contribution in [0.25, 0.3) is 0 Å². The van der Waals surface area contributed by atoms with Gasteiger partial charge in [0.2, 0.25) is 0 Å². The van der Waals surface area contributed by atoms with Gasteiger partial charge in [-0.05, 0) is 6.07 Å². The van der Waals surface area contributed by atoms with Crippen LogP contribution in [0.1, 0.15) is 11.6 Å². The summed E-state index contributed by atoms with van der Waals surface area (Å²) in [5, 5.41) is 8.50. The first-order chi connectivity index (χ1) is 7.42. The fourth-order valence-electron chi connectivity index (χ4n) is 1.27. The van der Waals surface area contributed by atoms with Crippen LogP contribution in [-0.4, -0.2) is 24.7 Å². The zero-order valence-corrected chi connectivity index (χ0v) is 8.58. The van der Waals surface area contributed by atoms with Crippen LogP contribution in [0.2, 0.25) is 0 Å². The van der Waals surface area contributed by atoms with Gasteiger partial charge in [0.05, 0.1) is 7.11 Å². The standard InChI is InChI=1S/C10H12F3NO2/c1-16-8-4-6(11)2-3-7(8)9(14)10(12,13)5-15/h2-4,9,15H,5,14H2,1H3/t9-/m1/s1. The van der Waals surface area contributed by atoms with Crippen molar-refractivity contribution >= 4 is 0 Å². The van der Waals surface area contributed by atoms with Crippen molar-refractivity contribution < 1.29 is 23.0 Å². The molecule has 0 saturated heterocycles. The van der Waals surface area contributed by atoms with E-state index in [9.17, 15) is 13.2 Å². The molecule has 0 aliphatic carbocycles. The van der Waals surface area contributed by atoms with Crippen molar-refractivity contribution in [1.29, 1.82) is 0 Å². The Morgan fingerprint density at radius 3 is 2.62 bits per heavy atom. The predicted molar refractivity (Wildman–Crippen MR) is 51.9 cm³/mol. The van der Waals surface area contributed by atoms with Gasteiger partial charge in [0.1, 0.15) is 24.2 Å². The molecule has 0 radical (unpaired) electrons. The first-order valence-corrected chi connectivity index (χ1v) is 4.50. The lowest BCUT2D eigenvalue weighted by molar-refractivity contribution is -0.0715. The maximum atomic E-state index is 13.1. The lowest BCUT2D eigenvalue weighted by Crippen LogP contribution is -2.36. The Balaban J connectivity index is 3.13. The van der Waals surface area contributed by atoms with E-state index in [0.29, 0.717) is 0 Å². The molecule has 16 heavy (non-hydrogen) atoms. The number of benzene rings is 1. The SMILES string of the molecule is COc1cc(F)ccc1[C@@H](N)C(F)(F)CO. The van der Waals surface area contributed by atoms with Crippen molar-refractivity contribution in [2.75, 3.05) is 13.7 Å². The molecular formula is C10H12F3NO2. The number of hydrogen-bond donors (Lipinski definition) is 2. The summed E-state index contributed by atoms with van der Waals surface area (Å²) in [6.45, 7) is -1.38. The number of methoxy groups -OCH3 is 1. The Hall–Kier alpha value is -1.27. The summed E-state index contributed by atoms with van der Waals surface area (Å²) in [6, 6.07) is 1.34. The van der Waals surface area contributed by atoms with Gasteiger partial charge in [-0.25, -0.2) is 13.2 Å². The lowest BCUT2D eigenvalue weighted by atomic mass is 10.0. The highest BCUT2D eigenvalue weighted by molar-refractivity contribution is 5.37. The molecule has 0 aromatic heterocycles. The first kappa shape index (κ1) is 12.8. The van der Waals surface area contributed by atoms with Crippen molar-refractivity contribution in [3.8, 4) is 5.75 Å². The van der Waals surface area contributed by atoms with Crippen LogP contribution in [0.3, 0.4) is 0 Å². The molecule has 1 aromatic rings. The molecule has 0 saturated carbocycles. The highest BCUT2D eigenvalue weighted by atomic mass is 19.3. The van der Waals surface area contributed by atoms with E-state index in [-0.39, 0.29) is 11.3 Å². The average molecular weight is 235 g/mol. The molecule has 0 heterocycles. The third-order valence-corrected chi connectivity index (χ3v) is 2.20. The summed E-state index contributed by atoms with van der Waals surface area (Å²) in [6.07, 6.45) is 0. The molecule has 0 aliphatic rings. The van der Waals surface area contributed by atoms with Gasteiger partial charge in [0.15, 0.2) is 0 Å². The molecule has 0 unspecified atom stereocenters. The van der Waals surface area contributed by atoms with E-state index in [1.807, 2.05) is 0 Å². The van der Waals surface area contributed by atoms with Crippen molar-refractivity contribution in [2.24, 2.45) is 5.73 Å². The second-order valence-electron chi connectivity index (χ2n) is 3.28. The van der Waals surface area contributed by atoms with Crippen LogP contribution in [-0.2, 0) is 0 Å². The average Bonchev–Trinajstić information content (AvgIpc) is 2.27. The quantitative estimate of drug-likeness (QED) is 0.830. The molecule has 1 aromatic carbocycles. The van der Waals surface area contributed by atoms with E-state index in [1.54, 1.807) is 0 Å². The first-order valence-electron chi connectivity index (χ1n) is 4.50. The summed E-state index contributed by atoms with van der Waals surface area (Å²) >= 11 is 0. The van der Waals surface area contributed by atoms with E-state index in [4.69, 9.17) is 15.6 Å². The molecule has 1 atom stereocenters. The van der Waals surface area contributed by atoms with E-state index < -0.39 is 24.4 Å². The Labute approximate surface area is 90.6 Å². The second-order valence-corrected chi connectivity index (χ2v) is 3.28. The second kappa shape index (κ2) is 4.71. The van der Waals surface area contributed by atoms with Crippen LogP contribution >= 0.6 is 0 Å². The number of aliphatic hydroxyl groups is 1. The third-order valence-electron chi connectivity index (χ3n) is 2.20. The number of nitrogens with two attached hydrogens (primary N) is 1. The highest BCUT2D eigenvalue weighted by Gasteiger charge is 2.38. The Morgan fingerprint density at radius 1 is 1.50 bits per heavy atom. The lowest BCUT2D eigenvalue weighted by Gasteiger charge is -2.23. The van der Waals surface area contributed by atoms with Gasteiger partial charge in [-0.3, -0.25) is 0 Å². The molecule has 0 bridgehead atoms. The van der Waals surface area contributed by atoms with E-state index in [1.165, 1.54) is 7.11 Å². The van der Waals surface area contributed by atoms with Gasteiger partial charge < -0.3 is 15.6 Å². The number of halogens is 3. The molecule has 0 amide bonds. The maximum absolute atomic E-state index is 13.1. The molecule has 90 valence electrons.